The number of rotatable bonds is 9. The minimum atomic E-state index is -2.22. The van der Waals surface area contributed by atoms with Gasteiger partial charge in [0.05, 0.1) is 6.20 Å². The van der Waals surface area contributed by atoms with Crippen molar-refractivity contribution in [2.24, 2.45) is 14.1 Å². The van der Waals surface area contributed by atoms with Crippen LogP contribution in [0.1, 0.15) is 52.9 Å². The molecule has 2 heterocycles. The molecule has 0 fully saturated rings. The maximum absolute atomic E-state index is 4.20. The van der Waals surface area contributed by atoms with Crippen LogP contribution >= 0.6 is 0 Å². The van der Waals surface area contributed by atoms with Gasteiger partial charge in [-0.3, -0.25) is 4.68 Å². The van der Waals surface area contributed by atoms with Gasteiger partial charge in [0.1, 0.15) is 0 Å². The van der Waals surface area contributed by atoms with E-state index in [1.165, 1.54) is 45.4 Å². The summed E-state index contributed by atoms with van der Waals surface area (Å²) in [4.78, 5) is 0. The van der Waals surface area contributed by atoms with Gasteiger partial charge in [0.15, 0.2) is 0 Å². The van der Waals surface area contributed by atoms with Gasteiger partial charge in [-0.25, -0.2) is 0 Å². The molecule has 2 aromatic heterocycles. The molecule has 0 aromatic carbocycles. The molecule has 0 aliphatic rings. The molecule has 0 amide bonds. The molecule has 6 nitrogen and oxygen atoms in total. The molecule has 0 saturated carbocycles. The first kappa shape index (κ1) is 21.1. The van der Waals surface area contributed by atoms with Crippen molar-refractivity contribution < 1.29 is 0 Å². The van der Waals surface area contributed by atoms with E-state index in [9.17, 15) is 0 Å². The summed E-state index contributed by atoms with van der Waals surface area (Å²) in [6.07, 6.45) is 12.3. The second-order valence-corrected chi connectivity index (χ2v) is 19.6. The Hall–Kier alpha value is -0.921. The van der Waals surface area contributed by atoms with Crippen LogP contribution < -0.4 is 3.71 Å². The fourth-order valence-corrected chi connectivity index (χ4v) is 19.3. The third-order valence-corrected chi connectivity index (χ3v) is 20.6. The zero-order valence-electron chi connectivity index (χ0n) is 16.1. The van der Waals surface area contributed by atoms with Crippen molar-refractivity contribution in [2.75, 3.05) is 0 Å². The molecule has 0 saturated heterocycles. The Morgan fingerprint density at radius 3 is 1.88 bits per heavy atom. The van der Waals surface area contributed by atoms with Crippen LogP contribution in [0.5, 0.6) is 0 Å². The average Bonchev–Trinajstić information content (AvgIpc) is 3.22. The van der Waals surface area contributed by atoms with Crippen LogP contribution in [-0.4, -0.2) is 48.4 Å². The van der Waals surface area contributed by atoms with Crippen LogP contribution in [0.3, 0.4) is 0 Å². The molecule has 24 heavy (non-hydrogen) atoms. The van der Waals surface area contributed by atoms with Crippen molar-refractivity contribution in [3.8, 4) is 0 Å². The second kappa shape index (κ2) is 11.6. The monoisotopic (exact) mass is 442 g/mol. The maximum Gasteiger partial charge on any atom is 0.0692 e. The zero-order valence-corrected chi connectivity index (χ0v) is 18.9. The summed E-state index contributed by atoms with van der Waals surface area (Å²) in [5, 5.41) is 15.5. The molecule has 0 N–H and O–H groups in total. The van der Waals surface area contributed by atoms with Crippen LogP contribution in [-0.2, 0) is 14.1 Å². The largest absolute Gasteiger partial charge is 0.256 e. The van der Waals surface area contributed by atoms with Crippen molar-refractivity contribution in [3.63, 3.8) is 0 Å². The third-order valence-electron chi connectivity index (χ3n) is 4.55. The Kier molecular flexibility index (Phi) is 10.2. The normalized spacial score (nSPS) is 11.2. The standard InChI is InChI=1S/2C4H9.C3H5N3.C3H4N3.C3H7.Sn/c2*1-3-4-2;2*1-6-3-2-4-5-6;1-3-2;/h2*1,3-4H2,2H3;2-3H,1H3;2H,1H3;1,3H2,2H3;. The first-order chi connectivity index (χ1) is 11.6. The molecule has 0 bridgehead atoms. The summed E-state index contributed by atoms with van der Waals surface area (Å²) in [6.45, 7) is 6.96. The quantitative estimate of drug-likeness (QED) is 0.561. The first-order valence-electron chi connectivity index (χ1n) is 9.25. The molecule has 0 spiro atoms. The Bertz CT molecular complexity index is 529. The van der Waals surface area contributed by atoms with Crippen LogP contribution in [0.4, 0.5) is 0 Å². The summed E-state index contributed by atoms with van der Waals surface area (Å²) in [6, 6.07) is 0. The van der Waals surface area contributed by atoms with Crippen molar-refractivity contribution in [1.29, 1.82) is 0 Å². The molecule has 2 rings (SSSR count). The number of aromatic nitrogens is 6. The van der Waals surface area contributed by atoms with E-state index in [-0.39, 0.29) is 0 Å². The van der Waals surface area contributed by atoms with E-state index in [2.05, 4.69) is 59.3 Å². The van der Waals surface area contributed by atoms with E-state index in [0.717, 1.165) is 0 Å². The third kappa shape index (κ3) is 6.53. The SMILES string of the molecule is CCC[CH2][Sn]([CH2]CC)([CH2]CCC)[c]1cnnn1C.Cn1ccnn1. The van der Waals surface area contributed by atoms with E-state index in [1.54, 1.807) is 20.8 Å². The van der Waals surface area contributed by atoms with E-state index in [4.69, 9.17) is 0 Å². The van der Waals surface area contributed by atoms with Gasteiger partial charge in [-0.15, -0.1) is 5.10 Å². The molecule has 0 unspecified atom stereocenters. The molecule has 2 aromatic rings. The van der Waals surface area contributed by atoms with Crippen LogP contribution in [0.25, 0.3) is 0 Å². The fourth-order valence-electron chi connectivity index (χ4n) is 3.31. The predicted octanol–water partition coefficient (Wildman–Crippen LogP) is 3.30. The van der Waals surface area contributed by atoms with Crippen molar-refractivity contribution in [1.82, 2.24) is 30.0 Å². The van der Waals surface area contributed by atoms with E-state index < -0.39 is 18.4 Å². The molecule has 7 heteroatoms. The second-order valence-electron chi connectivity index (χ2n) is 6.56. The topological polar surface area (TPSA) is 61.4 Å². The van der Waals surface area contributed by atoms with Crippen molar-refractivity contribution in [2.45, 2.75) is 66.2 Å². The number of hydrogen-bond donors (Lipinski definition) is 0. The van der Waals surface area contributed by atoms with Gasteiger partial charge >= 0.3 is 117 Å². The number of unbranched alkanes of at least 4 members (excludes halogenated alkanes) is 2. The number of aryl methyl sites for hydroxylation is 2. The van der Waals surface area contributed by atoms with Crippen LogP contribution in [0.2, 0.25) is 13.3 Å². The van der Waals surface area contributed by atoms with Crippen LogP contribution in [0, 0.1) is 0 Å². The molecular formula is C17H34N6Sn. The van der Waals surface area contributed by atoms with E-state index in [0.29, 0.717) is 0 Å². The van der Waals surface area contributed by atoms with Crippen molar-refractivity contribution in [3.05, 3.63) is 18.6 Å². The number of hydrogen-bond acceptors (Lipinski definition) is 4. The summed E-state index contributed by atoms with van der Waals surface area (Å²) in [7, 11) is 3.91. The molecule has 136 valence electrons. The summed E-state index contributed by atoms with van der Waals surface area (Å²) in [5.74, 6) is 0. The van der Waals surface area contributed by atoms with Gasteiger partial charge in [-0.05, 0) is 0 Å². The van der Waals surface area contributed by atoms with Gasteiger partial charge in [0.2, 0.25) is 0 Å². The van der Waals surface area contributed by atoms with Gasteiger partial charge < -0.3 is 0 Å². The first-order valence-corrected chi connectivity index (χ1v) is 16.7. The summed E-state index contributed by atoms with van der Waals surface area (Å²) in [5.41, 5.74) is 0. The molecule has 0 aliphatic heterocycles. The minimum absolute atomic E-state index is 1.32. The average molecular weight is 441 g/mol. The van der Waals surface area contributed by atoms with E-state index in [1.807, 2.05) is 7.05 Å². The number of nitrogens with zero attached hydrogens (tertiary/aromatic N) is 6. The zero-order chi connectivity index (χ0) is 17.8. The summed E-state index contributed by atoms with van der Waals surface area (Å²) >= 11 is -2.22. The van der Waals surface area contributed by atoms with Gasteiger partial charge in [0, 0.05) is 13.2 Å². The Balaban J connectivity index is 0.000000400. The van der Waals surface area contributed by atoms with Gasteiger partial charge in [-0.1, -0.05) is 5.21 Å². The molecular weight excluding hydrogens is 407 g/mol. The molecule has 0 radical (unpaired) electrons. The van der Waals surface area contributed by atoms with Crippen LogP contribution in [0.15, 0.2) is 18.6 Å². The molecule has 0 aliphatic carbocycles. The maximum atomic E-state index is 4.20. The predicted molar refractivity (Wildman–Crippen MR) is 102 cm³/mol. The van der Waals surface area contributed by atoms with Crippen molar-refractivity contribution >= 4 is 22.1 Å². The smallest absolute Gasteiger partial charge is 0.0692 e. The Labute approximate surface area is 150 Å². The fraction of sp³-hybridized carbons (Fsp3) is 0.765. The Morgan fingerprint density at radius 1 is 0.875 bits per heavy atom. The van der Waals surface area contributed by atoms with Gasteiger partial charge in [-0.2, -0.15) is 0 Å². The summed E-state index contributed by atoms with van der Waals surface area (Å²) < 4.78 is 9.71. The Morgan fingerprint density at radius 2 is 1.54 bits per heavy atom. The van der Waals surface area contributed by atoms with Gasteiger partial charge in [0.25, 0.3) is 0 Å². The molecule has 0 atom stereocenters. The minimum Gasteiger partial charge on any atom is -0.256 e. The van der Waals surface area contributed by atoms with E-state index >= 15 is 0 Å².